The van der Waals surface area contributed by atoms with Crippen molar-refractivity contribution in [3.8, 4) is 5.75 Å². The number of benzene rings is 1. The van der Waals surface area contributed by atoms with Crippen LogP contribution in [0.25, 0.3) is 0 Å². The van der Waals surface area contributed by atoms with E-state index < -0.39 is 11.9 Å². The Morgan fingerprint density at radius 2 is 2.18 bits per heavy atom. The van der Waals surface area contributed by atoms with Gasteiger partial charge in [0.2, 0.25) is 0 Å². The molecule has 2 atom stereocenters. The maximum atomic E-state index is 13.7. The third-order valence-electron chi connectivity index (χ3n) is 2.94. The molecule has 0 aromatic heterocycles. The quantitative estimate of drug-likeness (QED) is 0.803. The number of aliphatic hydroxyl groups excluding tert-OH is 1. The van der Waals surface area contributed by atoms with Gasteiger partial charge in [-0.15, -0.1) is 0 Å². The first kappa shape index (κ1) is 13.9. The van der Waals surface area contributed by atoms with Crippen LogP contribution in [-0.2, 0) is 0 Å². The molecule has 96 valence electrons. The van der Waals surface area contributed by atoms with Gasteiger partial charge in [0.25, 0.3) is 0 Å². The van der Waals surface area contributed by atoms with E-state index in [1.807, 2.05) is 6.92 Å². The smallest absolute Gasteiger partial charge is 0.132 e. The van der Waals surface area contributed by atoms with Gasteiger partial charge in [-0.1, -0.05) is 19.4 Å². The number of nitrogens with two attached hydrogens (primary N) is 1. The molecule has 0 saturated heterocycles. The van der Waals surface area contributed by atoms with E-state index in [0.717, 1.165) is 12.8 Å². The zero-order valence-electron chi connectivity index (χ0n) is 10.3. The molecule has 0 fully saturated rings. The van der Waals surface area contributed by atoms with E-state index in [-0.39, 0.29) is 11.5 Å². The minimum Gasteiger partial charge on any atom is -0.496 e. The monoisotopic (exact) mass is 241 g/mol. The van der Waals surface area contributed by atoms with Crippen molar-refractivity contribution in [3.05, 3.63) is 29.6 Å². The van der Waals surface area contributed by atoms with E-state index in [1.54, 1.807) is 12.1 Å². The number of aliphatic hydroxyl groups is 1. The van der Waals surface area contributed by atoms with Gasteiger partial charge in [0.05, 0.1) is 18.8 Å². The van der Waals surface area contributed by atoms with Crippen LogP contribution in [0.4, 0.5) is 4.39 Å². The topological polar surface area (TPSA) is 55.5 Å². The lowest BCUT2D eigenvalue weighted by molar-refractivity contribution is 0.0998. The fourth-order valence-electron chi connectivity index (χ4n) is 1.99. The van der Waals surface area contributed by atoms with Crippen LogP contribution in [0.5, 0.6) is 5.75 Å². The first-order valence-electron chi connectivity index (χ1n) is 5.86. The number of halogens is 1. The minimum absolute atomic E-state index is 0.147. The SMILES string of the molecule is CCCC(CN)C(O)c1c(F)cccc1OC. The fraction of sp³-hybridized carbons (Fsp3) is 0.538. The second-order valence-corrected chi connectivity index (χ2v) is 4.09. The molecular weight excluding hydrogens is 221 g/mol. The van der Waals surface area contributed by atoms with Gasteiger partial charge in [0.1, 0.15) is 11.6 Å². The van der Waals surface area contributed by atoms with Crippen LogP contribution in [-0.4, -0.2) is 18.8 Å². The fourth-order valence-corrected chi connectivity index (χ4v) is 1.99. The predicted octanol–water partition coefficient (Wildman–Crippen LogP) is 2.24. The van der Waals surface area contributed by atoms with E-state index in [9.17, 15) is 9.50 Å². The first-order valence-corrected chi connectivity index (χ1v) is 5.86. The molecule has 0 aliphatic rings. The van der Waals surface area contributed by atoms with Crippen LogP contribution in [0.3, 0.4) is 0 Å². The summed E-state index contributed by atoms with van der Waals surface area (Å²) in [4.78, 5) is 0. The molecular formula is C13H20FNO2. The van der Waals surface area contributed by atoms with Gasteiger partial charge < -0.3 is 15.6 Å². The molecule has 0 aliphatic heterocycles. The summed E-state index contributed by atoms with van der Waals surface area (Å²) in [6, 6.07) is 4.52. The van der Waals surface area contributed by atoms with Crippen LogP contribution in [0, 0.1) is 11.7 Å². The average Bonchev–Trinajstić information content (AvgIpc) is 2.34. The molecule has 0 amide bonds. The van der Waals surface area contributed by atoms with Crippen molar-refractivity contribution in [2.75, 3.05) is 13.7 Å². The average molecular weight is 241 g/mol. The van der Waals surface area contributed by atoms with Crippen molar-refractivity contribution in [2.24, 2.45) is 11.7 Å². The molecule has 4 heteroatoms. The number of rotatable bonds is 6. The highest BCUT2D eigenvalue weighted by Gasteiger charge is 2.25. The lowest BCUT2D eigenvalue weighted by atomic mass is 9.91. The Bertz CT molecular complexity index is 357. The predicted molar refractivity (Wildman–Crippen MR) is 65.4 cm³/mol. The van der Waals surface area contributed by atoms with Gasteiger partial charge in [-0.2, -0.15) is 0 Å². The molecule has 3 N–H and O–H groups in total. The second kappa shape index (κ2) is 6.57. The van der Waals surface area contributed by atoms with Crippen molar-refractivity contribution in [2.45, 2.75) is 25.9 Å². The first-order chi connectivity index (χ1) is 8.15. The molecule has 1 rings (SSSR count). The molecule has 0 saturated carbocycles. The largest absolute Gasteiger partial charge is 0.496 e. The summed E-state index contributed by atoms with van der Waals surface area (Å²) in [5.41, 5.74) is 5.82. The lowest BCUT2D eigenvalue weighted by Crippen LogP contribution is -2.23. The van der Waals surface area contributed by atoms with E-state index >= 15 is 0 Å². The number of ether oxygens (including phenoxy) is 1. The van der Waals surface area contributed by atoms with Gasteiger partial charge in [0.15, 0.2) is 0 Å². The highest BCUT2D eigenvalue weighted by Crippen LogP contribution is 2.33. The van der Waals surface area contributed by atoms with Crippen LogP contribution in [0.1, 0.15) is 31.4 Å². The molecule has 0 spiro atoms. The van der Waals surface area contributed by atoms with Crippen molar-refractivity contribution >= 4 is 0 Å². The molecule has 0 aliphatic carbocycles. The summed E-state index contributed by atoms with van der Waals surface area (Å²) in [6.45, 7) is 2.33. The number of hydrogen-bond acceptors (Lipinski definition) is 3. The summed E-state index contributed by atoms with van der Waals surface area (Å²) >= 11 is 0. The summed E-state index contributed by atoms with van der Waals surface area (Å²) in [5, 5.41) is 10.2. The van der Waals surface area contributed by atoms with Crippen LogP contribution < -0.4 is 10.5 Å². The Kier molecular flexibility index (Phi) is 5.38. The Balaban J connectivity index is 3.04. The van der Waals surface area contributed by atoms with Crippen LogP contribution >= 0.6 is 0 Å². The van der Waals surface area contributed by atoms with Crippen molar-refractivity contribution in [3.63, 3.8) is 0 Å². The number of methoxy groups -OCH3 is 1. The van der Waals surface area contributed by atoms with Gasteiger partial charge in [-0.25, -0.2) is 4.39 Å². The Morgan fingerprint density at radius 3 is 2.71 bits per heavy atom. The summed E-state index contributed by atoms with van der Waals surface area (Å²) < 4.78 is 18.8. The van der Waals surface area contributed by atoms with Crippen molar-refractivity contribution in [1.29, 1.82) is 0 Å². The van der Waals surface area contributed by atoms with E-state index in [4.69, 9.17) is 10.5 Å². The summed E-state index contributed by atoms with van der Waals surface area (Å²) in [6.07, 6.45) is 0.737. The van der Waals surface area contributed by atoms with Crippen molar-refractivity contribution < 1.29 is 14.2 Å². The van der Waals surface area contributed by atoms with Gasteiger partial charge >= 0.3 is 0 Å². The molecule has 3 nitrogen and oxygen atoms in total. The summed E-state index contributed by atoms with van der Waals surface area (Å²) in [7, 11) is 1.46. The highest BCUT2D eigenvalue weighted by molar-refractivity contribution is 5.36. The van der Waals surface area contributed by atoms with E-state index in [1.165, 1.54) is 13.2 Å². The van der Waals surface area contributed by atoms with E-state index in [0.29, 0.717) is 12.3 Å². The molecule has 1 aromatic rings. The van der Waals surface area contributed by atoms with Crippen LogP contribution in [0.2, 0.25) is 0 Å². The third-order valence-corrected chi connectivity index (χ3v) is 2.94. The molecule has 0 bridgehead atoms. The van der Waals surface area contributed by atoms with Crippen LogP contribution in [0.15, 0.2) is 18.2 Å². The number of hydrogen-bond donors (Lipinski definition) is 2. The van der Waals surface area contributed by atoms with Gasteiger partial charge in [-0.3, -0.25) is 0 Å². The van der Waals surface area contributed by atoms with Crippen molar-refractivity contribution in [1.82, 2.24) is 0 Å². The molecule has 0 radical (unpaired) electrons. The standard InChI is InChI=1S/C13H20FNO2/c1-3-5-9(8-15)13(16)12-10(14)6-4-7-11(12)17-2/h4,6-7,9,13,16H,3,5,8,15H2,1-2H3. The zero-order chi connectivity index (χ0) is 12.8. The Labute approximate surface area is 101 Å². The molecule has 1 aromatic carbocycles. The van der Waals surface area contributed by atoms with Gasteiger partial charge in [0, 0.05) is 5.92 Å². The minimum atomic E-state index is -0.920. The maximum Gasteiger partial charge on any atom is 0.132 e. The second-order valence-electron chi connectivity index (χ2n) is 4.09. The third kappa shape index (κ3) is 3.17. The maximum absolute atomic E-state index is 13.7. The van der Waals surface area contributed by atoms with Gasteiger partial charge in [-0.05, 0) is 25.1 Å². The molecule has 17 heavy (non-hydrogen) atoms. The Hall–Kier alpha value is -1.13. The summed E-state index contributed by atoms with van der Waals surface area (Å²) in [5.74, 6) is -0.232. The molecule has 0 heterocycles. The zero-order valence-corrected chi connectivity index (χ0v) is 10.3. The molecule has 2 unspecified atom stereocenters. The lowest BCUT2D eigenvalue weighted by Gasteiger charge is -2.23. The normalized spacial score (nSPS) is 14.4. The van der Waals surface area contributed by atoms with E-state index in [2.05, 4.69) is 0 Å². The highest BCUT2D eigenvalue weighted by atomic mass is 19.1. The Morgan fingerprint density at radius 1 is 1.47 bits per heavy atom.